The molecule has 1 aromatic heterocycles. The first-order valence-corrected chi connectivity index (χ1v) is 6.07. The Bertz CT molecular complexity index is 547. The summed E-state index contributed by atoms with van der Waals surface area (Å²) >= 11 is 12.4. The summed E-state index contributed by atoms with van der Waals surface area (Å²) < 4.78 is 18.7. The Morgan fingerprint density at radius 2 is 2.18 bits per heavy atom. The largest absolute Gasteiger partial charge is 0.428 e. The fraction of sp³-hybridized carbons (Fsp3) is 0.100. The summed E-state index contributed by atoms with van der Waals surface area (Å²) in [5.41, 5.74) is 0. The van der Waals surface area contributed by atoms with Gasteiger partial charge in [-0.1, -0.05) is 40.6 Å². The molecule has 17 heavy (non-hydrogen) atoms. The average Bonchev–Trinajstić information content (AvgIpc) is 2.65. The van der Waals surface area contributed by atoms with E-state index in [1.165, 1.54) is 12.1 Å². The molecule has 7 heteroatoms. The number of rotatable bonds is 3. The van der Waals surface area contributed by atoms with Gasteiger partial charge in [-0.2, -0.15) is 4.98 Å². The summed E-state index contributed by atoms with van der Waals surface area (Å²) in [4.78, 5) is 4.30. The summed E-state index contributed by atoms with van der Waals surface area (Å²) in [5, 5.41) is 9.20. The summed E-state index contributed by atoms with van der Waals surface area (Å²) in [6.45, 7) is -0.238. The van der Waals surface area contributed by atoms with Crippen molar-refractivity contribution in [3.63, 3.8) is 0 Å². The summed E-state index contributed by atoms with van der Waals surface area (Å²) in [6.07, 6.45) is 0. The Morgan fingerprint density at radius 1 is 1.41 bits per heavy atom. The monoisotopic (exact) mass is 293 g/mol. The molecule has 0 saturated carbocycles. The Kier molecular flexibility index (Phi) is 3.83. The molecule has 2 rings (SSSR count). The van der Waals surface area contributed by atoms with E-state index in [1.807, 2.05) is 0 Å². The fourth-order valence-corrected chi connectivity index (χ4v) is 2.25. The molecule has 0 aliphatic rings. The van der Waals surface area contributed by atoms with E-state index < -0.39 is 5.82 Å². The lowest BCUT2D eigenvalue weighted by Crippen LogP contribution is -1.87. The van der Waals surface area contributed by atoms with Crippen molar-refractivity contribution in [3.05, 3.63) is 39.1 Å². The highest BCUT2D eigenvalue weighted by atomic mass is 35.5. The van der Waals surface area contributed by atoms with E-state index in [0.29, 0.717) is 4.88 Å². The second-order valence-electron chi connectivity index (χ2n) is 3.01. The van der Waals surface area contributed by atoms with E-state index in [4.69, 9.17) is 33.0 Å². The van der Waals surface area contributed by atoms with E-state index in [1.54, 1.807) is 6.07 Å². The molecule has 0 atom stereocenters. The van der Waals surface area contributed by atoms with Crippen LogP contribution in [0.3, 0.4) is 0 Å². The number of thiazole rings is 1. The minimum absolute atomic E-state index is 0.0347. The number of halogens is 3. The third-order valence-electron chi connectivity index (χ3n) is 1.89. The maximum absolute atomic E-state index is 13.5. The molecule has 0 fully saturated rings. The molecule has 0 amide bonds. The van der Waals surface area contributed by atoms with Crippen LogP contribution in [0.1, 0.15) is 4.88 Å². The van der Waals surface area contributed by atoms with E-state index >= 15 is 0 Å². The van der Waals surface area contributed by atoms with Crippen LogP contribution in [-0.2, 0) is 6.61 Å². The van der Waals surface area contributed by atoms with Gasteiger partial charge in [0.25, 0.3) is 5.19 Å². The quantitative estimate of drug-likeness (QED) is 0.934. The number of aliphatic hydroxyl groups excluding tert-OH is 1. The number of hydrogen-bond donors (Lipinski definition) is 1. The molecule has 2 aromatic rings. The number of nitrogens with zero attached hydrogens (tertiary/aromatic N) is 1. The fourth-order valence-electron chi connectivity index (χ4n) is 1.11. The molecule has 0 saturated heterocycles. The molecule has 1 N–H and O–H groups in total. The van der Waals surface area contributed by atoms with E-state index in [0.717, 1.165) is 11.3 Å². The first-order valence-electron chi connectivity index (χ1n) is 4.49. The second kappa shape index (κ2) is 5.18. The van der Waals surface area contributed by atoms with E-state index in [9.17, 15) is 4.39 Å². The molecule has 0 spiro atoms. The van der Waals surface area contributed by atoms with Crippen LogP contribution in [0, 0.1) is 5.82 Å². The number of aromatic nitrogens is 1. The highest BCUT2D eigenvalue weighted by molar-refractivity contribution is 7.13. The summed E-state index contributed by atoms with van der Waals surface area (Å²) in [6, 6.07) is 4.40. The van der Waals surface area contributed by atoms with Crippen molar-refractivity contribution in [2.75, 3.05) is 0 Å². The molecule has 1 heterocycles. The topological polar surface area (TPSA) is 42.4 Å². The molecule has 90 valence electrons. The Hall–Kier alpha value is -0.880. The molecular weight excluding hydrogens is 288 g/mol. The van der Waals surface area contributed by atoms with Crippen LogP contribution in [0.4, 0.5) is 4.39 Å². The van der Waals surface area contributed by atoms with Crippen LogP contribution >= 0.6 is 34.5 Å². The Balaban J connectivity index is 2.28. The van der Waals surface area contributed by atoms with Crippen molar-refractivity contribution in [1.82, 2.24) is 4.98 Å². The SMILES string of the molecule is OCc1sc(Oc2cccc(Cl)c2F)nc1Cl. The zero-order chi connectivity index (χ0) is 12.4. The smallest absolute Gasteiger partial charge is 0.280 e. The minimum Gasteiger partial charge on any atom is -0.428 e. The molecule has 1 aromatic carbocycles. The maximum atomic E-state index is 13.5. The maximum Gasteiger partial charge on any atom is 0.280 e. The normalized spacial score (nSPS) is 10.6. The van der Waals surface area contributed by atoms with Crippen molar-refractivity contribution in [1.29, 1.82) is 0 Å². The number of benzene rings is 1. The van der Waals surface area contributed by atoms with Gasteiger partial charge in [0.2, 0.25) is 0 Å². The molecular formula is C10H6Cl2FNO2S. The predicted molar refractivity (Wildman–Crippen MR) is 64.5 cm³/mol. The molecule has 0 aliphatic heterocycles. The Labute approximate surface area is 110 Å². The van der Waals surface area contributed by atoms with Gasteiger partial charge in [0.1, 0.15) is 5.15 Å². The van der Waals surface area contributed by atoms with Gasteiger partial charge in [0.05, 0.1) is 16.5 Å². The molecule has 0 aliphatic carbocycles. The van der Waals surface area contributed by atoms with Crippen molar-refractivity contribution in [3.8, 4) is 10.9 Å². The van der Waals surface area contributed by atoms with Crippen molar-refractivity contribution in [2.24, 2.45) is 0 Å². The van der Waals surface area contributed by atoms with Crippen LogP contribution in [0.2, 0.25) is 10.2 Å². The third kappa shape index (κ3) is 2.69. The summed E-state index contributed by atoms with van der Waals surface area (Å²) in [5.74, 6) is -0.696. The zero-order valence-corrected chi connectivity index (χ0v) is 10.6. The average molecular weight is 294 g/mol. The van der Waals surface area contributed by atoms with Crippen molar-refractivity contribution in [2.45, 2.75) is 6.61 Å². The van der Waals surface area contributed by atoms with Crippen LogP contribution in [0.5, 0.6) is 10.9 Å². The van der Waals surface area contributed by atoms with Crippen LogP contribution in [0.15, 0.2) is 18.2 Å². The van der Waals surface area contributed by atoms with Crippen molar-refractivity contribution < 1.29 is 14.2 Å². The molecule has 0 unspecified atom stereocenters. The number of ether oxygens (including phenoxy) is 1. The zero-order valence-electron chi connectivity index (χ0n) is 8.28. The second-order valence-corrected chi connectivity index (χ2v) is 4.82. The highest BCUT2D eigenvalue weighted by Crippen LogP contribution is 2.34. The van der Waals surface area contributed by atoms with Crippen LogP contribution in [0.25, 0.3) is 0 Å². The minimum atomic E-state index is -0.661. The van der Waals surface area contributed by atoms with Crippen LogP contribution in [-0.4, -0.2) is 10.1 Å². The van der Waals surface area contributed by atoms with Gasteiger partial charge in [0.15, 0.2) is 11.6 Å². The lowest BCUT2D eigenvalue weighted by Gasteiger charge is -2.03. The van der Waals surface area contributed by atoms with Gasteiger partial charge in [0, 0.05) is 0 Å². The van der Waals surface area contributed by atoms with Gasteiger partial charge in [-0.25, -0.2) is 4.39 Å². The molecule has 0 radical (unpaired) electrons. The number of aliphatic hydroxyl groups is 1. The van der Waals surface area contributed by atoms with E-state index in [-0.39, 0.29) is 27.7 Å². The molecule has 3 nitrogen and oxygen atoms in total. The van der Waals surface area contributed by atoms with Gasteiger partial charge in [-0.15, -0.1) is 0 Å². The lowest BCUT2D eigenvalue weighted by atomic mass is 10.3. The van der Waals surface area contributed by atoms with E-state index in [2.05, 4.69) is 4.98 Å². The van der Waals surface area contributed by atoms with Gasteiger partial charge >= 0.3 is 0 Å². The first kappa shape index (κ1) is 12.6. The number of hydrogen-bond acceptors (Lipinski definition) is 4. The lowest BCUT2D eigenvalue weighted by molar-refractivity contribution is 0.285. The van der Waals surface area contributed by atoms with Crippen LogP contribution < -0.4 is 4.74 Å². The first-order chi connectivity index (χ1) is 8.11. The van der Waals surface area contributed by atoms with Crippen molar-refractivity contribution >= 4 is 34.5 Å². The van der Waals surface area contributed by atoms with Gasteiger partial charge < -0.3 is 9.84 Å². The highest BCUT2D eigenvalue weighted by Gasteiger charge is 2.13. The standard InChI is InChI=1S/C10H6Cl2FNO2S/c11-5-2-1-3-6(8(5)13)16-10-14-9(12)7(4-15)17-10/h1-3,15H,4H2. The molecule has 0 bridgehead atoms. The third-order valence-corrected chi connectivity index (χ3v) is 3.52. The Morgan fingerprint density at radius 3 is 2.82 bits per heavy atom. The summed E-state index contributed by atoms with van der Waals surface area (Å²) in [7, 11) is 0. The van der Waals surface area contributed by atoms with Gasteiger partial charge in [-0.05, 0) is 12.1 Å². The predicted octanol–water partition coefficient (Wildman–Crippen LogP) is 3.87. The van der Waals surface area contributed by atoms with Gasteiger partial charge in [-0.3, -0.25) is 0 Å².